The van der Waals surface area contributed by atoms with Gasteiger partial charge in [-0.2, -0.15) is 11.8 Å². The molecule has 1 aromatic rings. The van der Waals surface area contributed by atoms with E-state index in [-0.39, 0.29) is 23.9 Å². The third-order valence-electron chi connectivity index (χ3n) is 5.61. The maximum absolute atomic E-state index is 14.1. The van der Waals surface area contributed by atoms with Gasteiger partial charge in [-0.1, -0.05) is 30.7 Å². The van der Waals surface area contributed by atoms with Crippen LogP contribution in [0.3, 0.4) is 0 Å². The van der Waals surface area contributed by atoms with E-state index in [4.69, 9.17) is 4.74 Å². The van der Waals surface area contributed by atoms with Gasteiger partial charge in [-0.05, 0) is 91.4 Å². The molecule has 0 fully saturated rings. The average Bonchev–Trinajstić information content (AvgIpc) is 2.73. The first-order valence-corrected chi connectivity index (χ1v) is 13.8. The summed E-state index contributed by atoms with van der Waals surface area (Å²) >= 11 is 1.60. The van der Waals surface area contributed by atoms with Gasteiger partial charge in [-0.3, -0.25) is 9.59 Å². The molecule has 0 aliphatic heterocycles. The zero-order chi connectivity index (χ0) is 26.9. The number of hydrogen-bond donors (Lipinski definition) is 2. The van der Waals surface area contributed by atoms with Crippen molar-refractivity contribution in [3.8, 4) is 0 Å². The highest BCUT2D eigenvalue weighted by Gasteiger charge is 2.39. The summed E-state index contributed by atoms with van der Waals surface area (Å²) in [7, 11) is 0. The van der Waals surface area contributed by atoms with Crippen LogP contribution in [0, 0.1) is 13.8 Å². The number of alkyl carbamates (subject to hydrolysis) is 1. The molecule has 0 bridgehead atoms. The van der Waals surface area contributed by atoms with Crippen molar-refractivity contribution in [3.05, 3.63) is 34.9 Å². The predicted octanol–water partition coefficient (Wildman–Crippen LogP) is 5.14. The summed E-state index contributed by atoms with van der Waals surface area (Å²) in [6.07, 6.45) is 2.40. The summed E-state index contributed by atoms with van der Waals surface area (Å²) < 4.78 is 5.44. The summed E-state index contributed by atoms with van der Waals surface area (Å²) in [5.41, 5.74) is 2.04. The van der Waals surface area contributed by atoms with Gasteiger partial charge >= 0.3 is 6.09 Å². The van der Waals surface area contributed by atoms with Gasteiger partial charge in [-0.15, -0.1) is 0 Å². The van der Waals surface area contributed by atoms with Crippen LogP contribution in [-0.2, 0) is 14.3 Å². The summed E-state index contributed by atoms with van der Waals surface area (Å²) in [6.45, 7) is 17.0. The topological polar surface area (TPSA) is 87.7 Å². The molecule has 3 amide bonds. The lowest BCUT2D eigenvalue weighted by Crippen LogP contribution is -2.56. The molecule has 0 spiro atoms. The Morgan fingerprint density at radius 2 is 1.71 bits per heavy atom. The molecule has 0 radical (unpaired) electrons. The molecule has 0 aliphatic rings. The van der Waals surface area contributed by atoms with Crippen molar-refractivity contribution in [2.45, 2.75) is 105 Å². The smallest absolute Gasteiger partial charge is 0.408 e. The molecule has 2 N–H and O–H groups in total. The van der Waals surface area contributed by atoms with Crippen LogP contribution in [0.25, 0.3) is 0 Å². The van der Waals surface area contributed by atoms with Crippen molar-refractivity contribution in [1.82, 2.24) is 15.5 Å². The number of nitrogens with one attached hydrogen (secondary N) is 2. The van der Waals surface area contributed by atoms with Crippen molar-refractivity contribution < 1.29 is 19.1 Å². The lowest BCUT2D eigenvalue weighted by molar-refractivity contribution is -0.145. The standard InChI is InChI=1S/C27H45N3O4S/c1-11-20(6)30(25(32)22(14-15-35-10)29-26(33)34-27(7,8)9)23(24(31)28-17(2)3)21-16-18(4)12-13-19(21)5/h12-13,16-17,20,22-23H,11,14-15H2,1-10H3,(H,28,31)(H,29,33). The van der Waals surface area contributed by atoms with E-state index >= 15 is 0 Å². The number of aryl methyl sites for hydroxylation is 2. The highest BCUT2D eigenvalue weighted by molar-refractivity contribution is 7.98. The zero-order valence-electron chi connectivity index (χ0n) is 23.2. The van der Waals surface area contributed by atoms with Gasteiger partial charge in [0.15, 0.2) is 0 Å². The van der Waals surface area contributed by atoms with Crippen LogP contribution in [0.2, 0.25) is 0 Å². The highest BCUT2D eigenvalue weighted by atomic mass is 32.2. The number of ether oxygens (including phenoxy) is 1. The Kier molecular flexibility index (Phi) is 12.1. The first-order valence-electron chi connectivity index (χ1n) is 12.4. The lowest BCUT2D eigenvalue weighted by Gasteiger charge is -2.39. The molecule has 0 aromatic heterocycles. The minimum Gasteiger partial charge on any atom is -0.444 e. The molecule has 8 heteroatoms. The maximum Gasteiger partial charge on any atom is 0.408 e. The van der Waals surface area contributed by atoms with Crippen LogP contribution in [0.1, 0.15) is 84.0 Å². The number of amides is 3. The van der Waals surface area contributed by atoms with Crippen LogP contribution >= 0.6 is 11.8 Å². The van der Waals surface area contributed by atoms with E-state index in [0.717, 1.165) is 16.7 Å². The summed E-state index contributed by atoms with van der Waals surface area (Å²) in [6, 6.07) is 3.99. The molecule has 3 unspecified atom stereocenters. The third-order valence-corrected chi connectivity index (χ3v) is 6.25. The Bertz CT molecular complexity index is 866. The molecule has 1 rings (SSSR count). The molecule has 1 aromatic carbocycles. The maximum atomic E-state index is 14.1. The van der Waals surface area contributed by atoms with Gasteiger partial charge in [-0.25, -0.2) is 4.79 Å². The Labute approximate surface area is 216 Å². The van der Waals surface area contributed by atoms with Crippen LogP contribution in [-0.4, -0.2) is 58.5 Å². The number of nitrogens with zero attached hydrogens (tertiary/aromatic N) is 1. The second-order valence-electron chi connectivity index (χ2n) is 10.4. The first kappa shape index (κ1) is 30.8. The van der Waals surface area contributed by atoms with Crippen LogP contribution < -0.4 is 10.6 Å². The number of rotatable bonds is 11. The predicted molar refractivity (Wildman–Crippen MR) is 145 cm³/mol. The molecule has 0 aliphatic carbocycles. The minimum atomic E-state index is -0.822. The van der Waals surface area contributed by atoms with Crippen molar-refractivity contribution in [3.63, 3.8) is 0 Å². The summed E-state index contributed by atoms with van der Waals surface area (Å²) in [4.78, 5) is 42.0. The van der Waals surface area contributed by atoms with Crippen LogP contribution in [0.4, 0.5) is 4.79 Å². The number of hydrogen-bond acceptors (Lipinski definition) is 5. The summed E-state index contributed by atoms with van der Waals surface area (Å²) in [5.74, 6) is 0.152. The molecule has 3 atom stereocenters. The fourth-order valence-corrected chi connectivity index (χ4v) is 4.23. The van der Waals surface area contributed by atoms with Crippen LogP contribution in [0.15, 0.2) is 18.2 Å². The highest BCUT2D eigenvalue weighted by Crippen LogP contribution is 2.30. The second-order valence-corrected chi connectivity index (χ2v) is 11.4. The first-order chi connectivity index (χ1) is 16.2. The van der Waals surface area contributed by atoms with Gasteiger partial charge in [0, 0.05) is 12.1 Å². The van der Waals surface area contributed by atoms with Gasteiger partial charge < -0.3 is 20.3 Å². The molecule has 35 heavy (non-hydrogen) atoms. The molecule has 0 saturated heterocycles. The second kappa shape index (κ2) is 13.8. The molecule has 0 saturated carbocycles. The molecule has 7 nitrogen and oxygen atoms in total. The van der Waals surface area contributed by atoms with E-state index in [1.807, 2.05) is 66.0 Å². The van der Waals surface area contributed by atoms with E-state index in [1.165, 1.54) is 0 Å². The van der Waals surface area contributed by atoms with Crippen molar-refractivity contribution >= 4 is 29.7 Å². The minimum absolute atomic E-state index is 0.0869. The molecular weight excluding hydrogens is 462 g/mol. The number of thioether (sulfide) groups is 1. The summed E-state index contributed by atoms with van der Waals surface area (Å²) in [5, 5.41) is 5.79. The van der Waals surface area contributed by atoms with Gasteiger partial charge in [0.25, 0.3) is 0 Å². The number of benzene rings is 1. The van der Waals surface area contributed by atoms with Crippen molar-refractivity contribution in [2.75, 3.05) is 12.0 Å². The SMILES string of the molecule is CCC(C)N(C(=O)C(CCSC)NC(=O)OC(C)(C)C)C(C(=O)NC(C)C)c1cc(C)ccc1C. The van der Waals surface area contributed by atoms with Gasteiger partial charge in [0.1, 0.15) is 17.7 Å². The Morgan fingerprint density at radius 3 is 2.23 bits per heavy atom. The largest absolute Gasteiger partial charge is 0.444 e. The average molecular weight is 508 g/mol. The normalized spacial score (nSPS) is 14.1. The Hall–Kier alpha value is -2.22. The van der Waals surface area contributed by atoms with Crippen molar-refractivity contribution in [2.24, 2.45) is 0 Å². The van der Waals surface area contributed by atoms with E-state index in [2.05, 4.69) is 10.6 Å². The molecule has 0 heterocycles. The van der Waals surface area contributed by atoms with Crippen molar-refractivity contribution in [1.29, 1.82) is 0 Å². The number of carbonyl (C=O) groups is 3. The third kappa shape index (κ3) is 9.74. The Morgan fingerprint density at radius 1 is 1.09 bits per heavy atom. The monoisotopic (exact) mass is 507 g/mol. The lowest BCUT2D eigenvalue weighted by atomic mass is 9.94. The van der Waals surface area contributed by atoms with Gasteiger partial charge in [0.05, 0.1) is 0 Å². The fraction of sp³-hybridized carbons (Fsp3) is 0.667. The van der Waals surface area contributed by atoms with Gasteiger partial charge in [0.2, 0.25) is 11.8 Å². The van der Waals surface area contributed by atoms with E-state index in [9.17, 15) is 14.4 Å². The van der Waals surface area contributed by atoms with E-state index < -0.39 is 23.8 Å². The Balaban J connectivity index is 3.57. The number of carbonyl (C=O) groups excluding carboxylic acids is 3. The van der Waals surface area contributed by atoms with E-state index in [0.29, 0.717) is 18.6 Å². The van der Waals surface area contributed by atoms with E-state index in [1.54, 1.807) is 37.4 Å². The quantitative estimate of drug-likeness (QED) is 0.433. The molecular formula is C27H45N3O4S. The van der Waals surface area contributed by atoms with Crippen LogP contribution in [0.5, 0.6) is 0 Å². The fourth-order valence-electron chi connectivity index (χ4n) is 3.75. The zero-order valence-corrected chi connectivity index (χ0v) is 24.0. The molecule has 198 valence electrons.